The standard InChI is InChI=1S/2C57H36N4S/c1-4-16-38(17-5-1)50-35-43-22-10-11-25-46(43)56-53(39-18-6-2-7-19-39)55(60-61(50)56)40-32-30-37(31-33-40)48-36-49(59-57(58-48)41-20-8-3-9-21-41)44-24-14-23-42(34-44)45-27-15-29-52-54(45)47-26-12-13-28-51(47)62-52;1-4-15-40(16-5-1)50-35-44-21-10-11-22-46(44)56-53(41-17-6-2-7-18-41)55(60-61(50)56)42-33-31-39(32-34-42)49-36-48(58-57(59-49)43-19-8-3-9-20-43)38-29-27-37(28-30-38)45-24-14-26-52-54(45)47-23-12-13-25-51(47)62-52/h2*1-36H. The first-order chi connectivity index (χ1) is 61.5. The van der Waals surface area contributed by atoms with Crippen LogP contribution in [-0.2, 0) is 0 Å². The molecule has 580 valence electrons. The van der Waals surface area contributed by atoms with E-state index in [9.17, 15) is 0 Å². The van der Waals surface area contributed by atoms with E-state index in [2.05, 4.69) is 409 Å². The van der Waals surface area contributed by atoms with Crippen LogP contribution < -0.4 is 0 Å². The van der Waals surface area contributed by atoms with Gasteiger partial charge in [0.2, 0.25) is 0 Å². The highest BCUT2D eigenvalue weighted by atomic mass is 32.1. The van der Waals surface area contributed by atoms with Crippen LogP contribution >= 0.6 is 22.7 Å². The van der Waals surface area contributed by atoms with Crippen molar-refractivity contribution in [2.75, 3.05) is 0 Å². The summed E-state index contributed by atoms with van der Waals surface area (Å²) in [4.78, 5) is 20.7. The molecule has 0 amide bonds. The minimum absolute atomic E-state index is 0.686. The molecule has 0 N–H and O–H groups in total. The van der Waals surface area contributed by atoms with Crippen LogP contribution in [0.2, 0.25) is 0 Å². The number of rotatable bonds is 14. The fourth-order valence-electron chi connectivity index (χ4n) is 17.8. The molecular weight excluding hydrogens is 1550 g/mol. The van der Waals surface area contributed by atoms with Gasteiger partial charge in [0, 0.05) is 118 Å². The second-order valence-electron chi connectivity index (χ2n) is 31.2. The summed E-state index contributed by atoms with van der Waals surface area (Å²) in [6.07, 6.45) is 0. The molecule has 8 aromatic heterocycles. The summed E-state index contributed by atoms with van der Waals surface area (Å²) in [5.41, 5.74) is 29.1. The van der Waals surface area contributed by atoms with E-state index in [0.29, 0.717) is 11.6 Å². The van der Waals surface area contributed by atoms with E-state index in [1.165, 1.54) is 67.8 Å². The first-order valence-electron chi connectivity index (χ1n) is 41.7. The Labute approximate surface area is 723 Å². The smallest absolute Gasteiger partial charge is 0.160 e. The zero-order chi connectivity index (χ0) is 82.0. The van der Waals surface area contributed by atoms with Gasteiger partial charge in [-0.15, -0.1) is 22.7 Å². The lowest BCUT2D eigenvalue weighted by atomic mass is 9.96. The molecule has 24 rings (SSSR count). The Balaban J connectivity index is 0.000000143. The third-order valence-electron chi connectivity index (χ3n) is 23.7. The maximum atomic E-state index is 5.45. The summed E-state index contributed by atoms with van der Waals surface area (Å²) in [5.74, 6) is 1.37. The van der Waals surface area contributed by atoms with Crippen molar-refractivity contribution in [3.05, 3.63) is 437 Å². The average molecular weight is 1620 g/mol. The summed E-state index contributed by atoms with van der Waals surface area (Å²) in [6.45, 7) is 0. The number of hydrogen-bond acceptors (Lipinski definition) is 8. The van der Waals surface area contributed by atoms with E-state index in [-0.39, 0.29) is 0 Å². The Kier molecular flexibility index (Phi) is 18.5. The molecule has 0 aliphatic rings. The number of fused-ring (bicyclic) bond motifs is 12. The summed E-state index contributed by atoms with van der Waals surface area (Å²) >= 11 is 3.69. The lowest BCUT2D eigenvalue weighted by molar-refractivity contribution is 0.979. The summed E-state index contributed by atoms with van der Waals surface area (Å²) < 4.78 is 9.48. The molecule has 0 unspecified atom stereocenters. The highest BCUT2D eigenvalue weighted by molar-refractivity contribution is 7.26. The lowest BCUT2D eigenvalue weighted by Crippen LogP contribution is -1.96. The largest absolute Gasteiger partial charge is 0.231 e. The fourth-order valence-corrected chi connectivity index (χ4v) is 20.0. The van der Waals surface area contributed by atoms with Crippen molar-refractivity contribution < 1.29 is 0 Å². The third-order valence-corrected chi connectivity index (χ3v) is 26.0. The number of hydrogen-bond donors (Lipinski definition) is 0. The molecule has 24 aromatic rings. The van der Waals surface area contributed by atoms with Crippen LogP contribution in [0.25, 0.3) is 230 Å². The van der Waals surface area contributed by atoms with Crippen molar-refractivity contribution in [3.8, 4) is 157 Å². The summed E-state index contributed by atoms with van der Waals surface area (Å²) in [6, 6.07) is 154. The Morgan fingerprint density at radius 3 is 0.903 bits per heavy atom. The molecule has 0 atom stereocenters. The van der Waals surface area contributed by atoms with Gasteiger partial charge in [-0.25, -0.2) is 29.0 Å². The Hall–Kier alpha value is -16.0. The van der Waals surface area contributed by atoms with E-state index in [1.54, 1.807) is 0 Å². The van der Waals surface area contributed by atoms with Crippen LogP contribution in [0.4, 0.5) is 0 Å². The van der Waals surface area contributed by atoms with Crippen LogP contribution in [0.5, 0.6) is 0 Å². The van der Waals surface area contributed by atoms with Crippen LogP contribution in [0.15, 0.2) is 437 Å². The van der Waals surface area contributed by atoms with E-state index in [0.717, 1.165) is 151 Å². The molecule has 0 aliphatic carbocycles. The van der Waals surface area contributed by atoms with Gasteiger partial charge in [-0.3, -0.25) is 0 Å². The van der Waals surface area contributed by atoms with Crippen molar-refractivity contribution in [1.82, 2.24) is 39.2 Å². The molecule has 0 bridgehead atoms. The molecule has 16 aromatic carbocycles. The molecule has 8 nitrogen and oxygen atoms in total. The average Bonchev–Trinajstić information content (AvgIpc) is 1.57. The second-order valence-corrected chi connectivity index (χ2v) is 33.4. The first kappa shape index (κ1) is 73.2. The maximum absolute atomic E-state index is 5.45. The molecule has 0 saturated heterocycles. The predicted octanol–water partition coefficient (Wildman–Crippen LogP) is 30.6. The van der Waals surface area contributed by atoms with Gasteiger partial charge in [0.05, 0.1) is 45.2 Å². The predicted molar refractivity (Wildman–Crippen MR) is 518 cm³/mol. The maximum Gasteiger partial charge on any atom is 0.160 e. The topological polar surface area (TPSA) is 86.2 Å². The van der Waals surface area contributed by atoms with Gasteiger partial charge in [0.1, 0.15) is 11.4 Å². The number of aromatic nitrogens is 8. The van der Waals surface area contributed by atoms with Crippen molar-refractivity contribution in [1.29, 1.82) is 0 Å². The van der Waals surface area contributed by atoms with E-state index < -0.39 is 0 Å². The molecule has 0 spiro atoms. The van der Waals surface area contributed by atoms with Crippen LogP contribution in [0, 0.1) is 0 Å². The van der Waals surface area contributed by atoms with Gasteiger partial charge in [0.25, 0.3) is 0 Å². The monoisotopic (exact) mass is 1620 g/mol. The first-order valence-corrected chi connectivity index (χ1v) is 43.3. The van der Waals surface area contributed by atoms with E-state index in [1.807, 2.05) is 59.1 Å². The van der Waals surface area contributed by atoms with Gasteiger partial charge >= 0.3 is 0 Å². The van der Waals surface area contributed by atoms with Crippen molar-refractivity contribution in [2.45, 2.75) is 0 Å². The second kappa shape index (κ2) is 31.3. The highest BCUT2D eigenvalue weighted by Crippen LogP contribution is 2.47. The zero-order valence-corrected chi connectivity index (χ0v) is 68.6. The number of benzene rings is 16. The summed E-state index contributed by atoms with van der Waals surface area (Å²) in [7, 11) is 0. The van der Waals surface area contributed by atoms with Crippen LogP contribution in [0.3, 0.4) is 0 Å². The minimum atomic E-state index is 0.686. The lowest BCUT2D eigenvalue weighted by Gasteiger charge is -2.12. The molecule has 0 fully saturated rings. The normalized spacial score (nSPS) is 11.5. The quantitative estimate of drug-likeness (QED) is 0.108. The molecule has 0 saturated carbocycles. The van der Waals surface area contributed by atoms with Crippen LogP contribution in [0.1, 0.15) is 0 Å². The van der Waals surface area contributed by atoms with Crippen molar-refractivity contribution in [3.63, 3.8) is 0 Å². The Bertz CT molecular complexity index is 8170. The van der Waals surface area contributed by atoms with Gasteiger partial charge < -0.3 is 0 Å². The SMILES string of the molecule is c1ccc(-c2nc(-c3ccc(-c4nn5c(-c6ccccc6)cc6ccccc6c5c4-c4ccccc4)cc3)cc(-c3ccc(-c4cccc5sc6ccccc6c45)cc3)n2)cc1.c1ccc(-c2nc(-c3ccc(-c4nn5c(-c6ccccc6)cc6ccccc6c5c4-c4ccccc4)cc3)cc(-c3cccc(-c4cccc5sc6ccccc6c45)c3)n2)cc1. The Morgan fingerprint density at radius 1 is 0.194 bits per heavy atom. The third kappa shape index (κ3) is 13.3. The molecule has 124 heavy (non-hydrogen) atoms. The van der Waals surface area contributed by atoms with Gasteiger partial charge in [0.15, 0.2) is 11.6 Å². The zero-order valence-electron chi connectivity index (χ0n) is 67.0. The van der Waals surface area contributed by atoms with Crippen molar-refractivity contribution in [2.24, 2.45) is 0 Å². The van der Waals surface area contributed by atoms with Gasteiger partial charge in [-0.05, 0) is 98.8 Å². The summed E-state index contributed by atoms with van der Waals surface area (Å²) in [5, 5.41) is 20.8. The minimum Gasteiger partial charge on any atom is -0.231 e. The van der Waals surface area contributed by atoms with E-state index >= 15 is 0 Å². The van der Waals surface area contributed by atoms with Gasteiger partial charge in [-0.1, -0.05) is 382 Å². The number of pyridine rings is 2. The Morgan fingerprint density at radius 2 is 0.492 bits per heavy atom. The molecule has 10 heteroatoms. The van der Waals surface area contributed by atoms with Crippen molar-refractivity contribution >= 4 is 95.6 Å². The fraction of sp³-hybridized carbons (Fsp3) is 0. The highest BCUT2D eigenvalue weighted by Gasteiger charge is 2.26. The van der Waals surface area contributed by atoms with Crippen LogP contribution in [-0.4, -0.2) is 39.2 Å². The molecule has 0 radical (unpaired) electrons. The molecule has 8 heterocycles. The van der Waals surface area contributed by atoms with E-state index in [4.69, 9.17) is 30.1 Å². The number of thiophene rings is 2. The molecular formula is C114H72N8S2. The molecule has 0 aliphatic heterocycles. The van der Waals surface area contributed by atoms with Gasteiger partial charge in [-0.2, -0.15) is 10.2 Å². The number of nitrogens with zero attached hydrogens (tertiary/aromatic N) is 8.